The molecule has 0 N–H and O–H groups in total. The Morgan fingerprint density at radius 2 is 1.94 bits per heavy atom. The summed E-state index contributed by atoms with van der Waals surface area (Å²) in [6.07, 6.45) is -4.50. The summed E-state index contributed by atoms with van der Waals surface area (Å²) in [6.45, 7) is 0. The first-order valence-corrected chi connectivity index (χ1v) is 4.99. The average Bonchev–Trinajstić information content (AvgIpc) is 2.25. The molecule has 94 valence electrons. The molecule has 0 spiro atoms. The predicted octanol–water partition coefficient (Wildman–Crippen LogP) is 3.82. The lowest BCUT2D eigenvalue weighted by Gasteiger charge is -2.07. The third kappa shape index (κ3) is 2.21. The van der Waals surface area contributed by atoms with E-state index in [0.29, 0.717) is 0 Å². The van der Waals surface area contributed by atoms with Crippen LogP contribution in [0.5, 0.6) is 0 Å². The van der Waals surface area contributed by atoms with E-state index in [2.05, 4.69) is 4.98 Å². The van der Waals surface area contributed by atoms with Crippen LogP contribution >= 0.6 is 11.6 Å². The molecule has 2 rings (SSSR count). The van der Waals surface area contributed by atoms with Gasteiger partial charge in [0.25, 0.3) is 0 Å². The van der Waals surface area contributed by atoms with E-state index in [1.165, 1.54) is 0 Å². The molecule has 2 aromatic rings. The van der Waals surface area contributed by atoms with Gasteiger partial charge in [-0.3, -0.25) is 10.1 Å². The number of fused-ring (bicyclic) bond motifs is 1. The van der Waals surface area contributed by atoms with Gasteiger partial charge in [-0.15, -0.1) is 0 Å². The van der Waals surface area contributed by atoms with Crippen LogP contribution in [-0.2, 0) is 6.18 Å². The number of pyridine rings is 1. The van der Waals surface area contributed by atoms with Crippen LogP contribution in [0.2, 0.25) is 5.15 Å². The van der Waals surface area contributed by atoms with Crippen molar-refractivity contribution in [3.05, 3.63) is 45.1 Å². The molecule has 1 heterocycles. The van der Waals surface area contributed by atoms with E-state index in [9.17, 15) is 23.3 Å². The first-order chi connectivity index (χ1) is 8.29. The summed E-state index contributed by atoms with van der Waals surface area (Å²) >= 11 is 5.53. The van der Waals surface area contributed by atoms with Gasteiger partial charge in [0.15, 0.2) is 0 Å². The normalized spacial score (nSPS) is 11.8. The molecule has 0 saturated heterocycles. The van der Waals surface area contributed by atoms with Gasteiger partial charge in [0.05, 0.1) is 16.0 Å². The smallest absolute Gasteiger partial charge is 0.258 e. The van der Waals surface area contributed by atoms with Crippen LogP contribution in [0.25, 0.3) is 10.9 Å². The number of rotatable bonds is 1. The maximum Gasteiger partial charge on any atom is 0.416 e. The molecule has 0 aliphatic rings. The summed E-state index contributed by atoms with van der Waals surface area (Å²) < 4.78 is 37.4. The van der Waals surface area contributed by atoms with E-state index in [1.807, 2.05) is 0 Å². The number of hydrogen-bond acceptors (Lipinski definition) is 3. The Morgan fingerprint density at radius 3 is 2.50 bits per heavy atom. The molecule has 0 atom stereocenters. The van der Waals surface area contributed by atoms with Crippen molar-refractivity contribution < 1.29 is 18.1 Å². The highest BCUT2D eigenvalue weighted by Gasteiger charge is 2.30. The standard InChI is InChI=1S/C10H4ClF3N2O2/c11-9-8(16(17)18)3-5-1-2-6(10(12,13)14)4-7(5)15-9/h1-4H. The highest BCUT2D eigenvalue weighted by atomic mass is 35.5. The van der Waals surface area contributed by atoms with Crippen LogP contribution in [0.1, 0.15) is 5.56 Å². The first-order valence-electron chi connectivity index (χ1n) is 4.61. The van der Waals surface area contributed by atoms with Gasteiger partial charge in [-0.25, -0.2) is 4.98 Å². The summed E-state index contributed by atoms with van der Waals surface area (Å²) in [4.78, 5) is 13.4. The number of aromatic nitrogens is 1. The molecule has 18 heavy (non-hydrogen) atoms. The topological polar surface area (TPSA) is 56.0 Å². The number of alkyl halides is 3. The van der Waals surface area contributed by atoms with Gasteiger partial charge in [-0.2, -0.15) is 13.2 Å². The monoisotopic (exact) mass is 276 g/mol. The summed E-state index contributed by atoms with van der Waals surface area (Å²) in [5.41, 5.74) is -1.36. The maximum atomic E-state index is 12.5. The highest BCUT2D eigenvalue weighted by molar-refractivity contribution is 6.31. The predicted molar refractivity (Wildman–Crippen MR) is 58.4 cm³/mol. The van der Waals surface area contributed by atoms with Crippen LogP contribution in [0.4, 0.5) is 18.9 Å². The molecule has 0 fully saturated rings. The van der Waals surface area contributed by atoms with E-state index in [1.54, 1.807) is 0 Å². The zero-order valence-corrected chi connectivity index (χ0v) is 9.29. The number of benzene rings is 1. The fraction of sp³-hybridized carbons (Fsp3) is 0.100. The summed E-state index contributed by atoms with van der Waals surface area (Å²) in [6, 6.07) is 3.84. The minimum absolute atomic E-state index is 0.0413. The van der Waals surface area contributed by atoms with Gasteiger partial charge in [-0.05, 0) is 12.1 Å². The molecule has 0 unspecified atom stereocenters. The van der Waals surface area contributed by atoms with Crippen molar-refractivity contribution in [3.63, 3.8) is 0 Å². The van der Waals surface area contributed by atoms with Crippen LogP contribution in [0.3, 0.4) is 0 Å². The minimum atomic E-state index is -4.50. The van der Waals surface area contributed by atoms with Crippen LogP contribution < -0.4 is 0 Å². The third-order valence-electron chi connectivity index (χ3n) is 2.28. The Labute approximate surface area is 103 Å². The Hall–Kier alpha value is -1.89. The van der Waals surface area contributed by atoms with E-state index in [4.69, 9.17) is 11.6 Å². The molecular weight excluding hydrogens is 273 g/mol. The van der Waals surface area contributed by atoms with Gasteiger partial charge < -0.3 is 0 Å². The fourth-order valence-corrected chi connectivity index (χ4v) is 1.65. The zero-order valence-electron chi connectivity index (χ0n) is 8.53. The van der Waals surface area contributed by atoms with Gasteiger partial charge in [-0.1, -0.05) is 17.7 Å². The molecule has 1 aromatic carbocycles. The van der Waals surface area contributed by atoms with Crippen molar-refractivity contribution >= 4 is 28.2 Å². The van der Waals surface area contributed by atoms with Crippen molar-refractivity contribution in [2.75, 3.05) is 0 Å². The van der Waals surface area contributed by atoms with Crippen molar-refractivity contribution in [3.8, 4) is 0 Å². The van der Waals surface area contributed by atoms with Crippen molar-refractivity contribution in [1.82, 2.24) is 4.98 Å². The fourth-order valence-electron chi connectivity index (χ4n) is 1.44. The lowest BCUT2D eigenvalue weighted by atomic mass is 10.1. The molecule has 0 radical (unpaired) electrons. The SMILES string of the molecule is O=[N+]([O-])c1cc2ccc(C(F)(F)F)cc2nc1Cl. The van der Waals surface area contributed by atoms with Gasteiger partial charge in [0, 0.05) is 11.5 Å². The Morgan fingerprint density at radius 1 is 1.28 bits per heavy atom. The molecule has 0 amide bonds. The Kier molecular flexibility index (Phi) is 2.86. The van der Waals surface area contributed by atoms with Crippen LogP contribution in [0.15, 0.2) is 24.3 Å². The second-order valence-corrected chi connectivity index (χ2v) is 3.82. The summed E-state index contributed by atoms with van der Waals surface area (Å²) in [7, 11) is 0. The van der Waals surface area contributed by atoms with Crippen molar-refractivity contribution in [2.24, 2.45) is 0 Å². The lowest BCUT2D eigenvalue weighted by molar-refractivity contribution is -0.384. The zero-order chi connectivity index (χ0) is 13.5. The van der Waals surface area contributed by atoms with E-state index in [0.717, 1.165) is 24.3 Å². The second kappa shape index (κ2) is 4.09. The second-order valence-electron chi connectivity index (χ2n) is 3.46. The number of nitrogens with zero attached hydrogens (tertiary/aromatic N) is 2. The Bertz CT molecular complexity index is 643. The molecule has 0 saturated carbocycles. The maximum absolute atomic E-state index is 12.5. The van der Waals surface area contributed by atoms with E-state index >= 15 is 0 Å². The molecule has 8 heteroatoms. The number of nitro groups is 1. The van der Waals surface area contributed by atoms with Gasteiger partial charge in [0.2, 0.25) is 5.15 Å². The quantitative estimate of drug-likeness (QED) is 0.452. The molecule has 0 bridgehead atoms. The van der Waals surface area contributed by atoms with Gasteiger partial charge >= 0.3 is 11.9 Å². The molecule has 0 aliphatic carbocycles. The lowest BCUT2D eigenvalue weighted by Crippen LogP contribution is -2.04. The molecule has 4 nitrogen and oxygen atoms in total. The molecule has 0 aliphatic heterocycles. The van der Waals surface area contributed by atoms with Gasteiger partial charge in [0.1, 0.15) is 0 Å². The molecular formula is C10H4ClF3N2O2. The van der Waals surface area contributed by atoms with Crippen LogP contribution in [-0.4, -0.2) is 9.91 Å². The van der Waals surface area contributed by atoms with Crippen molar-refractivity contribution in [1.29, 1.82) is 0 Å². The van der Waals surface area contributed by atoms with E-state index in [-0.39, 0.29) is 10.9 Å². The number of halogens is 4. The first kappa shape index (κ1) is 12.6. The summed E-state index contributed by atoms with van der Waals surface area (Å²) in [5.74, 6) is 0. The Balaban J connectivity index is 2.67. The number of hydrogen-bond donors (Lipinski definition) is 0. The van der Waals surface area contributed by atoms with E-state index < -0.39 is 27.5 Å². The summed E-state index contributed by atoms with van der Waals surface area (Å²) in [5, 5.41) is 10.4. The largest absolute Gasteiger partial charge is 0.416 e. The molecule has 1 aromatic heterocycles. The van der Waals surface area contributed by atoms with Crippen molar-refractivity contribution in [2.45, 2.75) is 6.18 Å². The minimum Gasteiger partial charge on any atom is -0.258 e. The average molecular weight is 277 g/mol. The van der Waals surface area contributed by atoms with Crippen LogP contribution in [0, 0.1) is 10.1 Å². The third-order valence-corrected chi connectivity index (χ3v) is 2.55. The highest BCUT2D eigenvalue weighted by Crippen LogP contribution is 2.33.